The van der Waals surface area contributed by atoms with Crippen LogP contribution in [0.15, 0.2) is 28.9 Å². The first-order chi connectivity index (χ1) is 12.1. The molecule has 0 bridgehead atoms. The van der Waals surface area contributed by atoms with Crippen LogP contribution in [-0.2, 0) is 4.74 Å². The summed E-state index contributed by atoms with van der Waals surface area (Å²) in [6, 6.07) is 3.61. The number of likely N-dealkylation sites (tertiary alicyclic amines) is 1. The van der Waals surface area contributed by atoms with Crippen molar-refractivity contribution in [3.05, 3.63) is 41.6 Å². The molecule has 136 valence electrons. The van der Waals surface area contributed by atoms with E-state index >= 15 is 0 Å². The Morgan fingerprint density at radius 3 is 2.96 bits per heavy atom. The molecule has 25 heavy (non-hydrogen) atoms. The molecule has 1 aliphatic rings. The van der Waals surface area contributed by atoms with Gasteiger partial charge in [0.15, 0.2) is 0 Å². The van der Waals surface area contributed by atoms with Crippen LogP contribution in [0.5, 0.6) is 0 Å². The van der Waals surface area contributed by atoms with Crippen LogP contribution in [0.25, 0.3) is 0 Å². The molecule has 2 aromatic rings. The van der Waals surface area contributed by atoms with E-state index in [0.29, 0.717) is 18.9 Å². The lowest BCUT2D eigenvalue weighted by molar-refractivity contribution is 0.135. The average Bonchev–Trinajstić information content (AvgIpc) is 3.23. The summed E-state index contributed by atoms with van der Waals surface area (Å²) in [6.45, 7) is 5.69. The summed E-state index contributed by atoms with van der Waals surface area (Å²) < 4.78 is 12.9. The number of carbonyl (C=O) groups excluding carboxylic acids is 1. The lowest BCUT2D eigenvalue weighted by Crippen LogP contribution is -2.47. The topological polar surface area (TPSA) is 72.5 Å². The van der Waals surface area contributed by atoms with E-state index in [9.17, 15) is 4.79 Å². The molecule has 0 spiro atoms. The first-order valence-electron chi connectivity index (χ1n) is 8.68. The van der Waals surface area contributed by atoms with Gasteiger partial charge in [0.25, 0.3) is 0 Å². The van der Waals surface area contributed by atoms with Crippen LogP contribution in [0.1, 0.15) is 42.0 Å². The first kappa shape index (κ1) is 17.5. The molecule has 3 heterocycles. The smallest absolute Gasteiger partial charge is 0.318 e. The summed E-state index contributed by atoms with van der Waals surface area (Å²) in [4.78, 5) is 14.6. The van der Waals surface area contributed by atoms with Gasteiger partial charge in [-0.3, -0.25) is 4.68 Å². The molecule has 0 aliphatic carbocycles. The van der Waals surface area contributed by atoms with Crippen LogP contribution in [0.2, 0.25) is 0 Å². The number of hydrogen-bond donors (Lipinski definition) is 1. The number of ether oxygens (including phenoxy) is 1. The summed E-state index contributed by atoms with van der Waals surface area (Å²) in [5.41, 5.74) is 1.13. The predicted octanol–water partition coefficient (Wildman–Crippen LogP) is 2.83. The van der Waals surface area contributed by atoms with Crippen molar-refractivity contribution in [2.75, 3.05) is 26.8 Å². The van der Waals surface area contributed by atoms with Gasteiger partial charge in [-0.2, -0.15) is 5.10 Å². The lowest BCUT2D eigenvalue weighted by Gasteiger charge is -2.33. The van der Waals surface area contributed by atoms with Gasteiger partial charge >= 0.3 is 6.03 Å². The van der Waals surface area contributed by atoms with Crippen LogP contribution in [0.4, 0.5) is 4.79 Å². The van der Waals surface area contributed by atoms with E-state index in [1.54, 1.807) is 7.11 Å². The number of aryl methyl sites for hydroxylation is 2. The third-order valence-corrected chi connectivity index (χ3v) is 4.52. The Bertz CT molecular complexity index is 709. The number of hydrogen-bond acceptors (Lipinski definition) is 4. The van der Waals surface area contributed by atoms with Crippen LogP contribution in [0.3, 0.4) is 0 Å². The standard InChI is InChI=1S/C18H26N4O3/c1-13-9-19-22(10-13)15-5-4-8-21(11-15)18(23)20-16(12-24-3)17-7-6-14(2)25-17/h6-7,9-10,15-16H,4-5,8,11-12H2,1-3H3,(H,20,23)/t15-,16-/m1/s1. The van der Waals surface area contributed by atoms with Crippen molar-refractivity contribution in [3.8, 4) is 0 Å². The zero-order valence-corrected chi connectivity index (χ0v) is 15.1. The van der Waals surface area contributed by atoms with Gasteiger partial charge in [-0.25, -0.2) is 4.79 Å². The molecule has 2 amide bonds. The molecule has 1 fully saturated rings. The van der Waals surface area contributed by atoms with Crippen molar-refractivity contribution in [2.45, 2.75) is 38.8 Å². The number of rotatable bonds is 5. The Morgan fingerprint density at radius 1 is 1.48 bits per heavy atom. The molecule has 7 nitrogen and oxygen atoms in total. The van der Waals surface area contributed by atoms with E-state index in [1.165, 1.54) is 0 Å². The van der Waals surface area contributed by atoms with Crippen molar-refractivity contribution in [2.24, 2.45) is 0 Å². The van der Waals surface area contributed by atoms with E-state index in [-0.39, 0.29) is 18.1 Å². The molecule has 3 rings (SSSR count). The number of furan rings is 1. The monoisotopic (exact) mass is 346 g/mol. The van der Waals surface area contributed by atoms with Gasteiger partial charge < -0.3 is 19.4 Å². The van der Waals surface area contributed by atoms with Gasteiger partial charge in [0, 0.05) is 26.4 Å². The Balaban J connectivity index is 1.64. The highest BCUT2D eigenvalue weighted by Gasteiger charge is 2.27. The van der Waals surface area contributed by atoms with Gasteiger partial charge in [-0.15, -0.1) is 0 Å². The maximum Gasteiger partial charge on any atom is 0.318 e. The van der Waals surface area contributed by atoms with E-state index in [4.69, 9.17) is 9.15 Å². The fourth-order valence-corrected chi connectivity index (χ4v) is 3.23. The van der Waals surface area contributed by atoms with Crippen LogP contribution >= 0.6 is 0 Å². The van der Waals surface area contributed by atoms with E-state index in [2.05, 4.69) is 10.4 Å². The third-order valence-electron chi connectivity index (χ3n) is 4.52. The number of methoxy groups -OCH3 is 1. The van der Waals surface area contributed by atoms with Gasteiger partial charge in [0.2, 0.25) is 0 Å². The Kier molecular flexibility index (Phi) is 5.43. The number of piperidine rings is 1. The molecule has 7 heteroatoms. The second kappa shape index (κ2) is 7.74. The molecule has 0 radical (unpaired) electrons. The zero-order chi connectivity index (χ0) is 17.8. The highest BCUT2D eigenvalue weighted by Crippen LogP contribution is 2.22. The highest BCUT2D eigenvalue weighted by molar-refractivity contribution is 5.74. The van der Waals surface area contributed by atoms with Crippen molar-refractivity contribution >= 4 is 6.03 Å². The summed E-state index contributed by atoms with van der Waals surface area (Å²) in [6.07, 6.45) is 5.88. The lowest BCUT2D eigenvalue weighted by atomic mass is 10.1. The Morgan fingerprint density at radius 2 is 2.32 bits per heavy atom. The summed E-state index contributed by atoms with van der Waals surface area (Å²) >= 11 is 0. The molecule has 0 saturated carbocycles. The number of aromatic nitrogens is 2. The number of urea groups is 1. The van der Waals surface area contributed by atoms with E-state index in [1.807, 2.05) is 48.0 Å². The molecule has 0 aromatic carbocycles. The first-order valence-corrected chi connectivity index (χ1v) is 8.68. The molecule has 1 saturated heterocycles. The SMILES string of the molecule is COC[C@@H](NC(=O)N1CCC[C@@H](n2cc(C)cn2)C1)c1ccc(C)o1. The second-order valence-corrected chi connectivity index (χ2v) is 6.65. The van der Waals surface area contributed by atoms with E-state index < -0.39 is 0 Å². The predicted molar refractivity (Wildman–Crippen MR) is 93.4 cm³/mol. The van der Waals surface area contributed by atoms with Crippen molar-refractivity contribution in [1.29, 1.82) is 0 Å². The van der Waals surface area contributed by atoms with Crippen molar-refractivity contribution in [1.82, 2.24) is 20.0 Å². The molecule has 0 unspecified atom stereocenters. The summed E-state index contributed by atoms with van der Waals surface area (Å²) in [5.74, 6) is 1.53. The summed E-state index contributed by atoms with van der Waals surface area (Å²) in [7, 11) is 1.62. The minimum atomic E-state index is -0.293. The molecule has 1 aliphatic heterocycles. The number of nitrogens with one attached hydrogen (secondary N) is 1. The summed E-state index contributed by atoms with van der Waals surface area (Å²) in [5, 5.41) is 7.43. The van der Waals surface area contributed by atoms with Gasteiger partial charge in [0.1, 0.15) is 17.6 Å². The van der Waals surface area contributed by atoms with Crippen molar-refractivity contribution in [3.63, 3.8) is 0 Å². The largest absolute Gasteiger partial charge is 0.464 e. The fraction of sp³-hybridized carbons (Fsp3) is 0.556. The van der Waals surface area contributed by atoms with Gasteiger partial charge in [-0.05, 0) is 44.4 Å². The quantitative estimate of drug-likeness (QED) is 0.903. The third kappa shape index (κ3) is 4.22. The van der Waals surface area contributed by atoms with Crippen LogP contribution in [0, 0.1) is 13.8 Å². The maximum absolute atomic E-state index is 12.7. The number of amides is 2. The number of nitrogens with zero attached hydrogens (tertiary/aromatic N) is 3. The van der Waals surface area contributed by atoms with Gasteiger partial charge in [-0.1, -0.05) is 0 Å². The maximum atomic E-state index is 12.7. The van der Waals surface area contributed by atoms with Crippen LogP contribution < -0.4 is 5.32 Å². The fourth-order valence-electron chi connectivity index (χ4n) is 3.23. The molecular formula is C18H26N4O3. The second-order valence-electron chi connectivity index (χ2n) is 6.65. The Labute approximate surface area is 147 Å². The minimum Gasteiger partial charge on any atom is -0.464 e. The highest BCUT2D eigenvalue weighted by atomic mass is 16.5. The molecule has 1 N–H and O–H groups in total. The molecule has 2 atom stereocenters. The van der Waals surface area contributed by atoms with Gasteiger partial charge in [0.05, 0.1) is 18.8 Å². The molecule has 2 aromatic heterocycles. The molecular weight excluding hydrogens is 320 g/mol. The van der Waals surface area contributed by atoms with Crippen molar-refractivity contribution < 1.29 is 13.9 Å². The average molecular weight is 346 g/mol. The minimum absolute atomic E-state index is 0.0929. The number of carbonyl (C=O) groups is 1. The van der Waals surface area contributed by atoms with E-state index in [0.717, 1.165) is 30.7 Å². The zero-order valence-electron chi connectivity index (χ0n) is 15.1. The normalized spacial score (nSPS) is 19.0. The Hall–Kier alpha value is -2.28. The van der Waals surface area contributed by atoms with Crippen LogP contribution in [-0.4, -0.2) is 47.5 Å².